The minimum absolute atomic E-state index is 0.00785. The molecule has 1 amide bonds. The number of β-amino-alcohol motifs (C(OH)–C–C–N with tert-alkyl or cyclic N) is 1. The van der Waals surface area contributed by atoms with Gasteiger partial charge in [-0.15, -0.1) is 0 Å². The molecular weight excluding hydrogens is 268 g/mol. The third-order valence-corrected chi connectivity index (χ3v) is 4.11. The molecule has 6 heteroatoms. The van der Waals surface area contributed by atoms with Crippen LogP contribution in [0.25, 0.3) is 11.0 Å². The van der Waals surface area contributed by atoms with Gasteiger partial charge in [-0.05, 0) is 26.2 Å². The molecule has 2 atom stereocenters. The van der Waals surface area contributed by atoms with Crippen LogP contribution in [-0.4, -0.2) is 69.7 Å². The molecule has 2 heterocycles. The molecule has 3 rings (SSSR count). The van der Waals surface area contributed by atoms with Crippen molar-refractivity contribution in [3.63, 3.8) is 0 Å². The Balaban J connectivity index is 1.72. The number of para-hydroxylation sites is 2. The smallest absolute Gasteiger partial charge is 0.242 e. The third-order valence-electron chi connectivity index (χ3n) is 4.11. The number of hydrogen-bond donors (Lipinski definition) is 1. The lowest BCUT2D eigenvalue weighted by molar-refractivity contribution is -0.131. The maximum absolute atomic E-state index is 12.4. The number of imidazole rings is 1. The van der Waals surface area contributed by atoms with Crippen LogP contribution in [0.1, 0.15) is 0 Å². The SMILES string of the molecule is CN(C)[C@@H]1CN(C(=O)Cn2cnc3ccccc32)C[C@H]1O. The number of carbonyl (C=O) groups is 1. The second kappa shape index (κ2) is 5.46. The first-order valence-corrected chi connectivity index (χ1v) is 7.08. The molecule has 21 heavy (non-hydrogen) atoms. The van der Waals surface area contributed by atoms with Gasteiger partial charge in [0, 0.05) is 13.1 Å². The van der Waals surface area contributed by atoms with Crippen LogP contribution in [0.3, 0.4) is 0 Å². The first-order valence-electron chi connectivity index (χ1n) is 7.08. The Bertz CT molecular complexity index is 652. The largest absolute Gasteiger partial charge is 0.390 e. The van der Waals surface area contributed by atoms with Crippen molar-refractivity contribution in [2.45, 2.75) is 18.7 Å². The van der Waals surface area contributed by atoms with E-state index >= 15 is 0 Å². The van der Waals surface area contributed by atoms with Gasteiger partial charge in [-0.3, -0.25) is 4.79 Å². The number of aromatic nitrogens is 2. The van der Waals surface area contributed by atoms with Crippen molar-refractivity contribution in [2.24, 2.45) is 0 Å². The molecule has 1 aliphatic heterocycles. The van der Waals surface area contributed by atoms with Gasteiger partial charge in [0.2, 0.25) is 5.91 Å². The van der Waals surface area contributed by atoms with E-state index in [1.165, 1.54) is 0 Å². The van der Waals surface area contributed by atoms with Crippen molar-refractivity contribution in [3.8, 4) is 0 Å². The quantitative estimate of drug-likeness (QED) is 0.874. The summed E-state index contributed by atoms with van der Waals surface area (Å²) in [5, 5.41) is 10.0. The Kier molecular flexibility index (Phi) is 3.65. The van der Waals surface area contributed by atoms with Crippen molar-refractivity contribution in [1.29, 1.82) is 0 Å². The highest BCUT2D eigenvalue weighted by Gasteiger charge is 2.35. The molecule has 1 aromatic heterocycles. The molecule has 0 bridgehead atoms. The van der Waals surface area contributed by atoms with Crippen LogP contribution in [0.5, 0.6) is 0 Å². The average Bonchev–Trinajstić information content (AvgIpc) is 3.03. The first-order chi connectivity index (χ1) is 10.1. The van der Waals surface area contributed by atoms with E-state index in [9.17, 15) is 9.90 Å². The number of likely N-dealkylation sites (tertiary alicyclic amines) is 1. The predicted octanol–water partition coefficient (Wildman–Crippen LogP) is 0.170. The van der Waals surface area contributed by atoms with E-state index in [0.717, 1.165) is 11.0 Å². The Morgan fingerprint density at radius 1 is 1.38 bits per heavy atom. The predicted molar refractivity (Wildman–Crippen MR) is 79.8 cm³/mol. The number of nitrogens with zero attached hydrogens (tertiary/aromatic N) is 4. The van der Waals surface area contributed by atoms with E-state index in [2.05, 4.69) is 4.98 Å². The molecule has 0 spiro atoms. The zero-order chi connectivity index (χ0) is 15.0. The molecule has 6 nitrogen and oxygen atoms in total. The van der Waals surface area contributed by atoms with Crippen LogP contribution in [0.15, 0.2) is 30.6 Å². The molecule has 1 aliphatic rings. The lowest BCUT2D eigenvalue weighted by Gasteiger charge is -2.21. The van der Waals surface area contributed by atoms with Gasteiger partial charge in [-0.25, -0.2) is 4.98 Å². The van der Waals surface area contributed by atoms with Gasteiger partial charge in [0.15, 0.2) is 0 Å². The summed E-state index contributed by atoms with van der Waals surface area (Å²) in [4.78, 5) is 20.4. The molecule has 1 N–H and O–H groups in total. The van der Waals surface area contributed by atoms with Crippen LogP contribution < -0.4 is 0 Å². The monoisotopic (exact) mass is 288 g/mol. The van der Waals surface area contributed by atoms with E-state index in [0.29, 0.717) is 13.1 Å². The van der Waals surface area contributed by atoms with Gasteiger partial charge in [-0.1, -0.05) is 12.1 Å². The summed E-state index contributed by atoms with van der Waals surface area (Å²) in [6.07, 6.45) is 1.21. The van der Waals surface area contributed by atoms with Gasteiger partial charge >= 0.3 is 0 Å². The minimum atomic E-state index is -0.483. The summed E-state index contributed by atoms with van der Waals surface area (Å²) in [7, 11) is 3.84. The van der Waals surface area contributed by atoms with E-state index in [-0.39, 0.29) is 18.5 Å². The highest BCUT2D eigenvalue weighted by Crippen LogP contribution is 2.16. The van der Waals surface area contributed by atoms with Crippen LogP contribution in [0.4, 0.5) is 0 Å². The van der Waals surface area contributed by atoms with Crippen molar-refractivity contribution in [1.82, 2.24) is 19.4 Å². The maximum Gasteiger partial charge on any atom is 0.242 e. The Morgan fingerprint density at radius 2 is 2.14 bits per heavy atom. The maximum atomic E-state index is 12.4. The van der Waals surface area contributed by atoms with E-state index in [4.69, 9.17) is 0 Å². The van der Waals surface area contributed by atoms with Gasteiger partial charge < -0.3 is 19.5 Å². The van der Waals surface area contributed by atoms with Crippen molar-refractivity contribution in [2.75, 3.05) is 27.2 Å². The van der Waals surface area contributed by atoms with Crippen LogP contribution in [0, 0.1) is 0 Å². The zero-order valence-electron chi connectivity index (χ0n) is 12.3. The fraction of sp³-hybridized carbons (Fsp3) is 0.467. The lowest BCUT2D eigenvalue weighted by Crippen LogP contribution is -2.38. The van der Waals surface area contributed by atoms with Gasteiger partial charge in [-0.2, -0.15) is 0 Å². The molecule has 112 valence electrons. The summed E-state index contributed by atoms with van der Waals surface area (Å²) in [5.41, 5.74) is 1.84. The number of benzene rings is 1. The lowest BCUT2D eigenvalue weighted by atomic mass is 10.2. The molecular formula is C15H20N4O2. The molecule has 0 saturated carbocycles. The van der Waals surface area contributed by atoms with E-state index in [1.54, 1.807) is 11.2 Å². The fourth-order valence-electron chi connectivity index (χ4n) is 2.86. The minimum Gasteiger partial charge on any atom is -0.390 e. The summed E-state index contributed by atoms with van der Waals surface area (Å²) < 4.78 is 1.85. The molecule has 1 aromatic carbocycles. The van der Waals surface area contributed by atoms with Crippen LogP contribution in [0.2, 0.25) is 0 Å². The zero-order valence-corrected chi connectivity index (χ0v) is 12.3. The highest BCUT2D eigenvalue weighted by atomic mass is 16.3. The number of aliphatic hydroxyl groups excluding tert-OH is 1. The normalized spacial score (nSPS) is 22.4. The number of carbonyl (C=O) groups excluding carboxylic acids is 1. The van der Waals surface area contributed by atoms with Gasteiger partial charge in [0.05, 0.1) is 29.5 Å². The number of amides is 1. The summed E-state index contributed by atoms with van der Waals surface area (Å²) in [6.45, 7) is 1.22. The highest BCUT2D eigenvalue weighted by molar-refractivity contribution is 5.80. The number of aliphatic hydroxyl groups is 1. The Morgan fingerprint density at radius 3 is 2.86 bits per heavy atom. The van der Waals surface area contributed by atoms with Crippen LogP contribution >= 0.6 is 0 Å². The Hall–Kier alpha value is -1.92. The standard InChI is InChI=1S/C15H20N4O2/c1-17(2)13-7-18(8-14(13)20)15(21)9-19-10-16-11-5-3-4-6-12(11)19/h3-6,10,13-14,20H,7-9H2,1-2H3/t13-,14-/m1/s1. The number of hydrogen-bond acceptors (Lipinski definition) is 4. The summed E-state index contributed by atoms with van der Waals surface area (Å²) in [6, 6.07) is 7.76. The van der Waals surface area contributed by atoms with E-state index in [1.807, 2.05) is 47.8 Å². The summed E-state index contributed by atoms with van der Waals surface area (Å²) in [5.74, 6) is 0.0153. The summed E-state index contributed by atoms with van der Waals surface area (Å²) >= 11 is 0. The molecule has 2 aromatic rings. The number of likely N-dealkylation sites (N-methyl/N-ethyl adjacent to an activating group) is 1. The third kappa shape index (κ3) is 2.64. The topological polar surface area (TPSA) is 61.6 Å². The van der Waals surface area contributed by atoms with Crippen molar-refractivity contribution in [3.05, 3.63) is 30.6 Å². The van der Waals surface area contributed by atoms with Crippen LogP contribution in [-0.2, 0) is 11.3 Å². The molecule has 0 radical (unpaired) electrons. The van der Waals surface area contributed by atoms with Gasteiger partial charge in [0.25, 0.3) is 0 Å². The molecule has 1 saturated heterocycles. The Labute approximate surface area is 123 Å². The molecule has 0 aliphatic carbocycles. The van der Waals surface area contributed by atoms with E-state index < -0.39 is 6.10 Å². The second-order valence-corrected chi connectivity index (χ2v) is 5.76. The first kappa shape index (κ1) is 14.0. The molecule has 1 fully saturated rings. The fourth-order valence-corrected chi connectivity index (χ4v) is 2.86. The average molecular weight is 288 g/mol. The second-order valence-electron chi connectivity index (χ2n) is 5.76. The number of rotatable bonds is 3. The van der Waals surface area contributed by atoms with Gasteiger partial charge in [0.1, 0.15) is 6.54 Å². The van der Waals surface area contributed by atoms with Crippen molar-refractivity contribution < 1.29 is 9.90 Å². The van der Waals surface area contributed by atoms with Crippen molar-refractivity contribution >= 4 is 16.9 Å². The molecule has 0 unspecified atom stereocenters. The number of fused-ring (bicyclic) bond motifs is 1.